The van der Waals surface area contributed by atoms with Crippen molar-refractivity contribution in [2.24, 2.45) is 0 Å². The Kier molecular flexibility index (Phi) is 5.07. The van der Waals surface area contributed by atoms with Crippen LogP contribution in [0.25, 0.3) is 0 Å². The molecule has 1 fully saturated rings. The first-order valence-electron chi connectivity index (χ1n) is 6.96. The quantitative estimate of drug-likeness (QED) is 0.833. The number of piperidine rings is 1. The minimum Gasteiger partial charge on any atom is -0.368 e. The molecular formula is C14H21F2N3. The van der Waals surface area contributed by atoms with Gasteiger partial charge in [-0.3, -0.25) is 0 Å². The molecule has 19 heavy (non-hydrogen) atoms. The summed E-state index contributed by atoms with van der Waals surface area (Å²) < 4.78 is 26.0. The van der Waals surface area contributed by atoms with E-state index in [9.17, 15) is 8.78 Å². The fourth-order valence-corrected chi connectivity index (χ4v) is 2.52. The van der Waals surface area contributed by atoms with Crippen LogP contribution in [0.5, 0.6) is 0 Å². The summed E-state index contributed by atoms with van der Waals surface area (Å²) in [5, 5.41) is 2.92. The van der Waals surface area contributed by atoms with Crippen molar-refractivity contribution in [1.82, 2.24) is 9.88 Å². The Hall–Kier alpha value is -1.23. The average Bonchev–Trinajstić information content (AvgIpc) is 2.38. The standard InChI is InChI=1S/C14H21F2N3/c1-11-5-2-3-7-19(11)8-4-6-17-14-13(16)9-12(15)10-18-14/h9-11H,2-8H2,1H3,(H,17,18). The minimum atomic E-state index is -0.648. The van der Waals surface area contributed by atoms with Gasteiger partial charge in [-0.25, -0.2) is 13.8 Å². The van der Waals surface area contributed by atoms with Crippen LogP contribution in [0, 0.1) is 11.6 Å². The summed E-state index contributed by atoms with van der Waals surface area (Å²) in [5.74, 6) is -1.15. The molecule has 2 heterocycles. The fourth-order valence-electron chi connectivity index (χ4n) is 2.52. The van der Waals surface area contributed by atoms with Gasteiger partial charge in [0.15, 0.2) is 11.6 Å². The van der Waals surface area contributed by atoms with Gasteiger partial charge in [0.2, 0.25) is 0 Å². The molecule has 2 rings (SSSR count). The molecule has 1 saturated heterocycles. The van der Waals surface area contributed by atoms with Crippen LogP contribution < -0.4 is 5.32 Å². The summed E-state index contributed by atoms with van der Waals surface area (Å²) in [7, 11) is 0. The van der Waals surface area contributed by atoms with Crippen molar-refractivity contribution in [3.05, 3.63) is 23.9 Å². The third-order valence-electron chi connectivity index (χ3n) is 3.66. The second-order valence-corrected chi connectivity index (χ2v) is 5.15. The van der Waals surface area contributed by atoms with Crippen LogP contribution in [-0.2, 0) is 0 Å². The number of halogens is 2. The van der Waals surface area contributed by atoms with Gasteiger partial charge in [0.25, 0.3) is 0 Å². The summed E-state index contributed by atoms with van der Waals surface area (Å²) in [6.07, 6.45) is 5.81. The molecule has 1 atom stereocenters. The Morgan fingerprint density at radius 2 is 2.26 bits per heavy atom. The largest absolute Gasteiger partial charge is 0.368 e. The van der Waals surface area contributed by atoms with E-state index in [4.69, 9.17) is 0 Å². The van der Waals surface area contributed by atoms with Gasteiger partial charge >= 0.3 is 0 Å². The first-order chi connectivity index (χ1) is 9.16. The van der Waals surface area contributed by atoms with Gasteiger partial charge in [-0.15, -0.1) is 0 Å². The molecule has 1 aliphatic heterocycles. The summed E-state index contributed by atoms with van der Waals surface area (Å²) in [6.45, 7) is 5.08. The molecule has 0 spiro atoms. The molecule has 0 aromatic carbocycles. The number of aromatic nitrogens is 1. The van der Waals surface area contributed by atoms with Crippen LogP contribution in [0.15, 0.2) is 12.3 Å². The third kappa shape index (κ3) is 4.13. The lowest BCUT2D eigenvalue weighted by molar-refractivity contribution is 0.160. The maximum atomic E-state index is 13.3. The Balaban J connectivity index is 1.71. The Morgan fingerprint density at radius 1 is 1.42 bits per heavy atom. The van der Waals surface area contributed by atoms with E-state index < -0.39 is 11.6 Å². The molecule has 0 saturated carbocycles. The van der Waals surface area contributed by atoms with Crippen LogP contribution in [0.4, 0.5) is 14.6 Å². The van der Waals surface area contributed by atoms with E-state index in [1.54, 1.807) is 0 Å². The summed E-state index contributed by atoms with van der Waals surface area (Å²) in [6, 6.07) is 1.50. The Bertz CT molecular complexity index is 412. The number of pyridine rings is 1. The molecule has 1 aromatic rings. The SMILES string of the molecule is CC1CCCCN1CCCNc1ncc(F)cc1F. The van der Waals surface area contributed by atoms with Gasteiger partial charge in [-0.1, -0.05) is 6.42 Å². The highest BCUT2D eigenvalue weighted by Gasteiger charge is 2.17. The van der Waals surface area contributed by atoms with Crippen LogP contribution in [0.1, 0.15) is 32.6 Å². The first kappa shape index (κ1) is 14.2. The number of likely N-dealkylation sites (tertiary alicyclic amines) is 1. The second-order valence-electron chi connectivity index (χ2n) is 5.15. The van der Waals surface area contributed by atoms with Crippen LogP contribution >= 0.6 is 0 Å². The van der Waals surface area contributed by atoms with Crippen molar-refractivity contribution in [3.63, 3.8) is 0 Å². The van der Waals surface area contributed by atoms with Gasteiger partial charge in [-0.05, 0) is 32.7 Å². The molecule has 1 aliphatic rings. The highest BCUT2D eigenvalue weighted by molar-refractivity contribution is 5.35. The van der Waals surface area contributed by atoms with Gasteiger partial charge in [0.05, 0.1) is 6.20 Å². The first-order valence-corrected chi connectivity index (χ1v) is 6.96. The minimum absolute atomic E-state index is 0.132. The van der Waals surface area contributed by atoms with Crippen molar-refractivity contribution in [1.29, 1.82) is 0 Å². The molecule has 0 amide bonds. The number of anilines is 1. The van der Waals surface area contributed by atoms with Crippen molar-refractivity contribution < 1.29 is 8.78 Å². The molecule has 106 valence electrons. The molecule has 0 radical (unpaired) electrons. The summed E-state index contributed by atoms with van der Waals surface area (Å²) >= 11 is 0. The predicted molar refractivity (Wildman–Crippen MR) is 72.1 cm³/mol. The van der Waals surface area contributed by atoms with E-state index in [2.05, 4.69) is 22.1 Å². The van der Waals surface area contributed by atoms with Gasteiger partial charge in [0.1, 0.15) is 5.82 Å². The van der Waals surface area contributed by atoms with Gasteiger partial charge < -0.3 is 10.2 Å². The van der Waals surface area contributed by atoms with Gasteiger partial charge in [-0.2, -0.15) is 0 Å². The molecule has 1 aromatic heterocycles. The van der Waals surface area contributed by atoms with Crippen molar-refractivity contribution in [3.8, 4) is 0 Å². The molecule has 1 N–H and O–H groups in total. The van der Waals surface area contributed by atoms with Gasteiger partial charge in [0, 0.05) is 25.2 Å². The van der Waals surface area contributed by atoms with Crippen LogP contribution in [0.3, 0.4) is 0 Å². The fraction of sp³-hybridized carbons (Fsp3) is 0.643. The molecule has 0 bridgehead atoms. The van der Waals surface area contributed by atoms with Crippen LogP contribution in [-0.4, -0.2) is 35.6 Å². The molecule has 1 unspecified atom stereocenters. The molecule has 3 nitrogen and oxygen atoms in total. The van der Waals surface area contributed by atoms with E-state index >= 15 is 0 Å². The van der Waals surface area contributed by atoms with Crippen molar-refractivity contribution >= 4 is 5.82 Å². The maximum absolute atomic E-state index is 13.3. The summed E-state index contributed by atoms with van der Waals surface area (Å²) in [5.41, 5.74) is 0. The molecular weight excluding hydrogens is 248 g/mol. The molecule has 5 heteroatoms. The normalized spacial score (nSPS) is 20.5. The maximum Gasteiger partial charge on any atom is 0.168 e. The highest BCUT2D eigenvalue weighted by atomic mass is 19.1. The zero-order valence-corrected chi connectivity index (χ0v) is 11.3. The van der Waals surface area contributed by atoms with E-state index in [1.165, 1.54) is 19.3 Å². The smallest absolute Gasteiger partial charge is 0.168 e. The lowest BCUT2D eigenvalue weighted by atomic mass is 10.0. The van der Waals surface area contributed by atoms with E-state index in [0.29, 0.717) is 12.6 Å². The Morgan fingerprint density at radius 3 is 3.00 bits per heavy atom. The third-order valence-corrected chi connectivity index (χ3v) is 3.66. The predicted octanol–water partition coefficient (Wildman–Crippen LogP) is 3.04. The number of nitrogens with zero attached hydrogens (tertiary/aromatic N) is 2. The number of rotatable bonds is 5. The number of hydrogen-bond acceptors (Lipinski definition) is 3. The van der Waals surface area contributed by atoms with Crippen molar-refractivity contribution in [2.45, 2.75) is 38.6 Å². The zero-order valence-electron chi connectivity index (χ0n) is 11.3. The monoisotopic (exact) mass is 269 g/mol. The summed E-state index contributed by atoms with van der Waals surface area (Å²) in [4.78, 5) is 6.17. The second kappa shape index (κ2) is 6.80. The number of hydrogen-bond donors (Lipinski definition) is 1. The van der Waals surface area contributed by atoms with E-state index in [0.717, 1.165) is 31.8 Å². The lowest BCUT2D eigenvalue weighted by Gasteiger charge is -2.33. The average molecular weight is 269 g/mol. The zero-order chi connectivity index (χ0) is 13.7. The Labute approximate surface area is 113 Å². The van der Waals surface area contributed by atoms with E-state index in [-0.39, 0.29) is 5.82 Å². The van der Waals surface area contributed by atoms with Crippen molar-refractivity contribution in [2.75, 3.05) is 25.0 Å². The lowest BCUT2D eigenvalue weighted by Crippen LogP contribution is -2.38. The molecule has 0 aliphatic carbocycles. The van der Waals surface area contributed by atoms with Crippen LogP contribution in [0.2, 0.25) is 0 Å². The highest BCUT2D eigenvalue weighted by Crippen LogP contribution is 2.16. The topological polar surface area (TPSA) is 28.2 Å². The number of nitrogens with one attached hydrogen (secondary N) is 1. The van der Waals surface area contributed by atoms with E-state index in [1.807, 2.05) is 0 Å².